The molecule has 0 spiro atoms. The Bertz CT molecular complexity index is 5510. The fourth-order valence-corrected chi connectivity index (χ4v) is 15.6. The van der Waals surface area contributed by atoms with E-state index >= 15 is 0 Å². The molecule has 0 saturated carbocycles. The molecule has 0 fully saturated rings. The lowest BCUT2D eigenvalue weighted by Gasteiger charge is -2.20. The fraction of sp³-hybridized carbons (Fsp3) is 0.0123. The van der Waals surface area contributed by atoms with Crippen LogP contribution in [-0.4, -0.2) is 0 Å². The predicted molar refractivity (Wildman–Crippen MR) is 351 cm³/mol. The maximum absolute atomic E-state index is 2.56. The van der Waals surface area contributed by atoms with Crippen molar-refractivity contribution >= 4 is 118 Å². The molecule has 372 valence electrons. The first-order valence-corrected chi connectivity index (χ1v) is 28.1. The van der Waals surface area contributed by atoms with Crippen molar-refractivity contribution in [2.45, 2.75) is 7.43 Å². The molecule has 0 heterocycles. The maximum atomic E-state index is 2.56. The fourth-order valence-electron chi connectivity index (χ4n) is 15.6. The molecule has 0 heteroatoms. The molecule has 1 aliphatic rings. The minimum Gasteiger partial charge on any atom is -0.0776 e. The van der Waals surface area contributed by atoms with Gasteiger partial charge in [0, 0.05) is 0 Å². The van der Waals surface area contributed by atoms with Gasteiger partial charge in [-0.3, -0.25) is 0 Å². The molecule has 0 amide bonds. The summed E-state index contributed by atoms with van der Waals surface area (Å²) < 4.78 is 0. The van der Waals surface area contributed by atoms with Crippen LogP contribution >= 0.6 is 0 Å². The summed E-state index contributed by atoms with van der Waals surface area (Å²) in [5, 5.41) is 28.8. The smallest absolute Gasteiger partial charge is 0.000718 e. The lowest BCUT2D eigenvalue weighted by molar-refractivity contribution is 1.61. The quantitative estimate of drug-likeness (QED) is 0.119. The third kappa shape index (κ3) is 5.73. The molecule has 19 rings (SSSR count). The van der Waals surface area contributed by atoms with Gasteiger partial charge in [0.25, 0.3) is 0 Å². The lowest BCUT2D eigenvalue weighted by Crippen LogP contribution is -1.93. The van der Waals surface area contributed by atoms with E-state index in [1.54, 1.807) is 0 Å². The third-order valence-corrected chi connectivity index (χ3v) is 18.6. The zero-order chi connectivity index (χ0) is 51.9. The van der Waals surface area contributed by atoms with Gasteiger partial charge in [-0.15, -0.1) is 0 Å². The second kappa shape index (κ2) is 16.3. The highest BCUT2D eigenvalue weighted by Gasteiger charge is 2.33. The molecule has 18 aromatic rings. The van der Waals surface area contributed by atoms with E-state index < -0.39 is 0 Å². The highest BCUT2D eigenvalue weighted by molar-refractivity contribution is 6.48. The highest BCUT2D eigenvalue weighted by Crippen LogP contribution is 2.61. The van der Waals surface area contributed by atoms with Gasteiger partial charge in [0.05, 0.1) is 0 Å². The average molecular weight is 1020 g/mol. The Labute approximate surface area is 468 Å². The summed E-state index contributed by atoms with van der Waals surface area (Å²) >= 11 is 0. The zero-order valence-corrected chi connectivity index (χ0v) is 43.4. The summed E-state index contributed by atoms with van der Waals surface area (Å²) in [6.45, 7) is 0. The van der Waals surface area contributed by atoms with Crippen molar-refractivity contribution in [2.24, 2.45) is 0 Å². The minimum atomic E-state index is 0. The molecule has 0 nitrogen and oxygen atoms in total. The van der Waals surface area contributed by atoms with Crippen LogP contribution in [0.4, 0.5) is 0 Å². The average Bonchev–Trinajstić information content (AvgIpc) is 2.29. The van der Waals surface area contributed by atoms with E-state index in [0.717, 1.165) is 0 Å². The molecular formula is C81H48. The summed E-state index contributed by atoms with van der Waals surface area (Å²) in [6.07, 6.45) is 0. The Kier molecular flexibility index (Phi) is 8.99. The Morgan fingerprint density at radius 1 is 0.148 bits per heavy atom. The van der Waals surface area contributed by atoms with Crippen LogP contribution < -0.4 is 0 Å². The standard InChI is InChI=1S/C80H44.CH4/c1-5-19-45(20-6-1)50-29-13-14-30-51(50)74-67-44-65-55-34-18-28-46-27-17-33-54(68(46)55)64(65)43-66(67)71(49-25-11-4-12-26-49)79-62-41-37-58-56-35-39-60-75-61(40-36-57(72(56)75)59-38-42-63(80(74)79)76(62)73(58)59)78-70(48-23-9-3-10-24-48)53-32-16-15-31-52(53)69(77(60)78)47-21-7-2-8-22-47;/h1-44H;1H4. The Morgan fingerprint density at radius 3 is 1.02 bits per heavy atom. The van der Waals surface area contributed by atoms with Crippen LogP contribution in [-0.2, 0) is 0 Å². The van der Waals surface area contributed by atoms with Crippen LogP contribution in [0.15, 0.2) is 267 Å². The second-order valence-corrected chi connectivity index (χ2v) is 22.4. The zero-order valence-electron chi connectivity index (χ0n) is 43.4. The predicted octanol–water partition coefficient (Wildman–Crippen LogP) is 23.3. The van der Waals surface area contributed by atoms with E-state index in [0.29, 0.717) is 0 Å². The van der Waals surface area contributed by atoms with Gasteiger partial charge in [-0.05, 0) is 209 Å². The van der Waals surface area contributed by atoms with E-state index in [9.17, 15) is 0 Å². The monoisotopic (exact) mass is 1020 g/mol. The molecular weight excluding hydrogens is 973 g/mol. The normalized spacial score (nSPS) is 12.3. The van der Waals surface area contributed by atoms with E-state index in [1.807, 2.05) is 0 Å². The summed E-state index contributed by atoms with van der Waals surface area (Å²) in [4.78, 5) is 0. The van der Waals surface area contributed by atoms with Gasteiger partial charge >= 0.3 is 0 Å². The molecule has 0 unspecified atom stereocenters. The second-order valence-electron chi connectivity index (χ2n) is 22.4. The summed E-state index contributed by atoms with van der Waals surface area (Å²) in [7, 11) is 0. The molecule has 1 aliphatic carbocycles. The maximum Gasteiger partial charge on any atom is -0.000718 e. The van der Waals surface area contributed by atoms with E-state index in [1.165, 1.54) is 196 Å². The number of rotatable bonds is 5. The first-order valence-electron chi connectivity index (χ1n) is 28.1. The van der Waals surface area contributed by atoms with Crippen LogP contribution in [0.25, 0.3) is 196 Å². The van der Waals surface area contributed by atoms with Gasteiger partial charge in [0.15, 0.2) is 0 Å². The van der Waals surface area contributed by atoms with E-state index in [-0.39, 0.29) is 7.43 Å². The van der Waals surface area contributed by atoms with Crippen LogP contribution in [0, 0.1) is 0 Å². The van der Waals surface area contributed by atoms with E-state index in [4.69, 9.17) is 0 Å². The molecule has 0 aliphatic heterocycles. The van der Waals surface area contributed by atoms with Gasteiger partial charge < -0.3 is 0 Å². The SMILES string of the molecule is C.c1ccc(-c2ccccc2-c2c3cc4c(cc3c(-c3ccccc3)c3c5ccc6c7ccc8c9c(ccc(c%10ccc(c23)c5c6%10)c97)-c2c-8c(-c3ccccc3)c3ccccc3c2-c2ccccc2)c2cccc3cccc4c32)cc1. The van der Waals surface area contributed by atoms with Gasteiger partial charge in [-0.1, -0.05) is 262 Å². The number of hydrogen-bond acceptors (Lipinski definition) is 0. The van der Waals surface area contributed by atoms with Gasteiger partial charge in [0.1, 0.15) is 0 Å². The summed E-state index contributed by atoms with van der Waals surface area (Å²) in [5.74, 6) is 0. The number of hydrogen-bond donors (Lipinski definition) is 0. The molecule has 0 saturated heterocycles. The van der Waals surface area contributed by atoms with Crippen molar-refractivity contribution in [1.82, 2.24) is 0 Å². The van der Waals surface area contributed by atoms with Crippen LogP contribution in [0.2, 0.25) is 0 Å². The highest BCUT2D eigenvalue weighted by atomic mass is 14.4. The van der Waals surface area contributed by atoms with Gasteiger partial charge in [-0.25, -0.2) is 0 Å². The van der Waals surface area contributed by atoms with Crippen LogP contribution in [0.5, 0.6) is 0 Å². The Hall–Kier alpha value is -10.4. The topological polar surface area (TPSA) is 0 Å². The van der Waals surface area contributed by atoms with E-state index in [2.05, 4.69) is 267 Å². The molecule has 81 heavy (non-hydrogen) atoms. The summed E-state index contributed by atoms with van der Waals surface area (Å²) in [6, 6.07) is 101. The number of fused-ring (bicyclic) bond motifs is 13. The molecule has 18 aromatic carbocycles. The van der Waals surface area contributed by atoms with Gasteiger partial charge in [0.2, 0.25) is 0 Å². The molecule has 0 bridgehead atoms. The van der Waals surface area contributed by atoms with Crippen molar-refractivity contribution in [3.63, 3.8) is 0 Å². The van der Waals surface area contributed by atoms with Gasteiger partial charge in [-0.2, -0.15) is 0 Å². The van der Waals surface area contributed by atoms with Crippen LogP contribution in [0.3, 0.4) is 0 Å². The number of benzene rings is 16. The largest absolute Gasteiger partial charge is 0.0776 e. The first-order chi connectivity index (χ1) is 39.8. The van der Waals surface area contributed by atoms with Crippen molar-refractivity contribution in [3.05, 3.63) is 267 Å². The van der Waals surface area contributed by atoms with Crippen molar-refractivity contribution in [2.75, 3.05) is 0 Å². The molecule has 0 radical (unpaired) electrons. The minimum absolute atomic E-state index is 0. The molecule has 0 aromatic heterocycles. The van der Waals surface area contributed by atoms with Crippen LogP contribution in [0.1, 0.15) is 7.43 Å². The van der Waals surface area contributed by atoms with Crippen molar-refractivity contribution in [1.29, 1.82) is 0 Å². The molecule has 0 atom stereocenters. The summed E-state index contributed by atoms with van der Waals surface area (Å²) in [5.41, 5.74) is 17.9. The third-order valence-electron chi connectivity index (χ3n) is 18.6. The first kappa shape index (κ1) is 44.6. The Morgan fingerprint density at radius 2 is 0.506 bits per heavy atom. The Balaban J connectivity index is 0.00000505. The van der Waals surface area contributed by atoms with Crippen molar-refractivity contribution < 1.29 is 0 Å². The lowest BCUT2D eigenvalue weighted by atomic mass is 9.82. The molecule has 0 N–H and O–H groups in total. The van der Waals surface area contributed by atoms with Crippen molar-refractivity contribution in [3.8, 4) is 77.9 Å².